The molecule has 1 fully saturated rings. The van der Waals surface area contributed by atoms with Crippen molar-refractivity contribution in [1.29, 1.82) is 0 Å². The number of carbonyl (C=O) groups is 2. The number of halogens is 1. The maximum absolute atomic E-state index is 12.5. The van der Waals surface area contributed by atoms with E-state index in [-0.39, 0.29) is 36.9 Å². The summed E-state index contributed by atoms with van der Waals surface area (Å²) >= 11 is 0. The van der Waals surface area contributed by atoms with Gasteiger partial charge in [-0.15, -0.1) is 12.4 Å². The number of para-hydroxylation sites is 1. The van der Waals surface area contributed by atoms with Gasteiger partial charge in [0.05, 0.1) is 12.6 Å². The average molecular weight is 384 g/mol. The molecule has 1 aromatic carbocycles. The smallest absolute Gasteiger partial charge is 0.317 e. The van der Waals surface area contributed by atoms with Crippen molar-refractivity contribution >= 4 is 30.0 Å². The van der Waals surface area contributed by atoms with E-state index in [0.29, 0.717) is 0 Å². The van der Waals surface area contributed by atoms with Crippen molar-refractivity contribution in [1.82, 2.24) is 9.80 Å². The third kappa shape index (κ3) is 5.97. The van der Waals surface area contributed by atoms with Gasteiger partial charge in [0.25, 0.3) is 0 Å². The van der Waals surface area contributed by atoms with Crippen LogP contribution in [0.25, 0.3) is 0 Å². The van der Waals surface area contributed by atoms with E-state index in [1.54, 1.807) is 0 Å². The van der Waals surface area contributed by atoms with Crippen LogP contribution in [-0.4, -0.2) is 65.0 Å². The van der Waals surface area contributed by atoms with Crippen LogP contribution in [-0.2, 0) is 9.59 Å². The van der Waals surface area contributed by atoms with Crippen molar-refractivity contribution in [3.63, 3.8) is 0 Å². The number of aliphatic carboxylic acids is 1. The number of aryl methyl sites for hydroxylation is 1. The molecule has 146 valence electrons. The number of likely N-dealkylation sites (tertiary alicyclic amines) is 1. The number of carboxylic acids is 1. The van der Waals surface area contributed by atoms with Gasteiger partial charge in [0.15, 0.2) is 0 Å². The Labute approximate surface area is 162 Å². The second kappa shape index (κ2) is 10.5. The number of carbonyl (C=O) groups excluding carboxylic acids is 1. The van der Waals surface area contributed by atoms with Crippen LogP contribution < -0.4 is 5.32 Å². The molecule has 7 heteroatoms. The molecule has 1 amide bonds. The summed E-state index contributed by atoms with van der Waals surface area (Å²) in [6.45, 7) is 8.35. The van der Waals surface area contributed by atoms with Gasteiger partial charge in [-0.2, -0.15) is 0 Å². The third-order valence-corrected chi connectivity index (χ3v) is 5.09. The van der Waals surface area contributed by atoms with Gasteiger partial charge in [0.1, 0.15) is 0 Å². The van der Waals surface area contributed by atoms with E-state index in [4.69, 9.17) is 5.11 Å². The van der Waals surface area contributed by atoms with E-state index in [9.17, 15) is 9.59 Å². The predicted molar refractivity (Wildman–Crippen MR) is 106 cm³/mol. The highest BCUT2D eigenvalue weighted by Crippen LogP contribution is 2.20. The molecule has 0 spiro atoms. The van der Waals surface area contributed by atoms with Gasteiger partial charge < -0.3 is 10.4 Å². The van der Waals surface area contributed by atoms with Crippen LogP contribution >= 0.6 is 12.4 Å². The fourth-order valence-corrected chi connectivity index (χ4v) is 3.43. The number of nitrogens with zero attached hydrogens (tertiary/aromatic N) is 2. The number of hydrogen-bond donors (Lipinski definition) is 2. The third-order valence-electron chi connectivity index (χ3n) is 5.09. The molecule has 1 atom stereocenters. The fourth-order valence-electron chi connectivity index (χ4n) is 3.43. The lowest BCUT2D eigenvalue weighted by Gasteiger charge is -2.39. The van der Waals surface area contributed by atoms with Gasteiger partial charge in [0.2, 0.25) is 5.91 Å². The Hall–Kier alpha value is -1.63. The Morgan fingerprint density at radius 1 is 1.31 bits per heavy atom. The summed E-state index contributed by atoms with van der Waals surface area (Å²) in [7, 11) is 0. The maximum atomic E-state index is 12.5. The predicted octanol–water partition coefficient (Wildman–Crippen LogP) is 2.61. The van der Waals surface area contributed by atoms with Crippen LogP contribution in [0.2, 0.25) is 0 Å². The summed E-state index contributed by atoms with van der Waals surface area (Å²) in [6, 6.07) is 7.85. The monoisotopic (exact) mass is 383 g/mol. The van der Waals surface area contributed by atoms with Crippen LogP contribution in [0.1, 0.15) is 32.3 Å². The van der Waals surface area contributed by atoms with Crippen molar-refractivity contribution in [2.75, 3.05) is 31.5 Å². The van der Waals surface area contributed by atoms with Crippen molar-refractivity contribution < 1.29 is 14.7 Å². The molecule has 1 aliphatic heterocycles. The highest BCUT2D eigenvalue weighted by molar-refractivity contribution is 5.95. The molecule has 2 N–H and O–H groups in total. The quantitative estimate of drug-likeness (QED) is 0.757. The first-order valence-electron chi connectivity index (χ1n) is 8.98. The van der Waals surface area contributed by atoms with Crippen molar-refractivity contribution in [3.8, 4) is 0 Å². The number of hydrogen-bond acceptors (Lipinski definition) is 4. The van der Waals surface area contributed by atoms with E-state index in [1.165, 1.54) is 0 Å². The molecule has 0 aliphatic carbocycles. The molecule has 6 nitrogen and oxygen atoms in total. The number of rotatable bonds is 7. The molecule has 26 heavy (non-hydrogen) atoms. The second-order valence-corrected chi connectivity index (χ2v) is 6.70. The number of nitrogens with one attached hydrogen (secondary N) is 1. The summed E-state index contributed by atoms with van der Waals surface area (Å²) in [5.41, 5.74) is 1.90. The lowest BCUT2D eigenvalue weighted by molar-refractivity contribution is -0.139. The molecule has 0 aromatic heterocycles. The van der Waals surface area contributed by atoms with E-state index in [2.05, 4.69) is 10.2 Å². The van der Waals surface area contributed by atoms with Gasteiger partial charge >= 0.3 is 5.97 Å². The van der Waals surface area contributed by atoms with Gasteiger partial charge in [-0.25, -0.2) is 0 Å². The number of piperidine rings is 1. The molecule has 0 radical (unpaired) electrons. The molecule has 0 saturated carbocycles. The zero-order chi connectivity index (χ0) is 18.4. The Balaban J connectivity index is 0.00000338. The van der Waals surface area contributed by atoms with Crippen molar-refractivity contribution in [2.24, 2.45) is 0 Å². The minimum atomic E-state index is -0.782. The maximum Gasteiger partial charge on any atom is 0.317 e. The minimum absolute atomic E-state index is 0. The molecule has 1 aliphatic rings. The molecule has 1 heterocycles. The van der Waals surface area contributed by atoms with Crippen molar-refractivity contribution in [3.05, 3.63) is 29.8 Å². The molecular formula is C19H30ClN3O3. The van der Waals surface area contributed by atoms with Gasteiger partial charge in [0, 0.05) is 24.8 Å². The van der Waals surface area contributed by atoms with Crippen LogP contribution in [0.3, 0.4) is 0 Å². The molecule has 1 aromatic rings. The van der Waals surface area contributed by atoms with Crippen molar-refractivity contribution in [2.45, 2.75) is 45.7 Å². The van der Waals surface area contributed by atoms with Crippen LogP contribution in [0.4, 0.5) is 5.69 Å². The average Bonchev–Trinajstić information content (AvgIpc) is 2.61. The first-order valence-corrected chi connectivity index (χ1v) is 8.98. The number of carboxylic acid groups (broad SMARTS) is 1. The van der Waals surface area contributed by atoms with E-state index >= 15 is 0 Å². The SMILES string of the molecule is CCN(CC(=O)O)C1CCN(C(C)C(=O)Nc2ccccc2C)CC1.Cl. The Bertz CT molecular complexity index is 603. The van der Waals surface area contributed by atoms with Gasteiger partial charge in [-0.05, 0) is 44.9 Å². The summed E-state index contributed by atoms with van der Waals surface area (Å²) in [4.78, 5) is 27.7. The molecule has 0 bridgehead atoms. The van der Waals surface area contributed by atoms with E-state index in [1.807, 2.05) is 49.9 Å². The van der Waals surface area contributed by atoms with E-state index < -0.39 is 5.97 Å². The topological polar surface area (TPSA) is 72.9 Å². The largest absolute Gasteiger partial charge is 0.480 e. The number of anilines is 1. The summed E-state index contributed by atoms with van der Waals surface area (Å²) in [6.07, 6.45) is 1.78. The first-order chi connectivity index (χ1) is 11.9. The molecule has 1 saturated heterocycles. The summed E-state index contributed by atoms with van der Waals surface area (Å²) in [5.74, 6) is -0.777. The highest BCUT2D eigenvalue weighted by Gasteiger charge is 2.29. The lowest BCUT2D eigenvalue weighted by Crippen LogP contribution is -2.51. The minimum Gasteiger partial charge on any atom is -0.480 e. The van der Waals surface area contributed by atoms with Crippen LogP contribution in [0.15, 0.2) is 24.3 Å². The number of benzene rings is 1. The Morgan fingerprint density at radius 3 is 2.46 bits per heavy atom. The summed E-state index contributed by atoms with van der Waals surface area (Å²) < 4.78 is 0. The van der Waals surface area contributed by atoms with Crippen LogP contribution in [0.5, 0.6) is 0 Å². The van der Waals surface area contributed by atoms with Gasteiger partial charge in [-0.3, -0.25) is 19.4 Å². The highest BCUT2D eigenvalue weighted by atomic mass is 35.5. The fraction of sp³-hybridized carbons (Fsp3) is 0.579. The van der Waals surface area contributed by atoms with Crippen LogP contribution in [0, 0.1) is 6.92 Å². The first kappa shape index (κ1) is 22.4. The molecule has 1 unspecified atom stereocenters. The Morgan fingerprint density at radius 2 is 1.92 bits per heavy atom. The standard InChI is InChI=1S/C19H29N3O3.ClH/c1-4-21(13-18(23)24)16-9-11-22(12-10-16)15(3)19(25)20-17-8-6-5-7-14(17)2;/h5-8,15-16H,4,9-13H2,1-3H3,(H,20,25)(H,23,24);1H. The van der Waals surface area contributed by atoms with Gasteiger partial charge in [-0.1, -0.05) is 25.1 Å². The second-order valence-electron chi connectivity index (χ2n) is 6.70. The number of likely N-dealkylation sites (N-methyl/N-ethyl adjacent to an activating group) is 1. The molecule has 2 rings (SSSR count). The lowest BCUT2D eigenvalue weighted by atomic mass is 10.0. The molecular weight excluding hydrogens is 354 g/mol. The zero-order valence-electron chi connectivity index (χ0n) is 15.8. The Kier molecular flexibility index (Phi) is 9.05. The zero-order valence-corrected chi connectivity index (χ0v) is 16.6. The number of amides is 1. The van der Waals surface area contributed by atoms with E-state index in [0.717, 1.165) is 43.7 Å². The summed E-state index contributed by atoms with van der Waals surface area (Å²) in [5, 5.41) is 12.0. The normalized spacial score (nSPS) is 16.8.